The van der Waals surface area contributed by atoms with Crippen LogP contribution in [0.15, 0.2) is 12.5 Å². The summed E-state index contributed by atoms with van der Waals surface area (Å²) in [5, 5.41) is 3.85. The van der Waals surface area contributed by atoms with Crippen LogP contribution in [0.25, 0.3) is 0 Å². The Bertz CT molecular complexity index is 310. The van der Waals surface area contributed by atoms with Gasteiger partial charge in [0.2, 0.25) is 0 Å². The molecule has 1 saturated carbocycles. The Hall–Kier alpha value is -0.830. The summed E-state index contributed by atoms with van der Waals surface area (Å²) in [6, 6.07) is 0. The Labute approximate surface area is 88.9 Å². The molecule has 76 valence electrons. The Morgan fingerprint density at radius 3 is 3.00 bits per heavy atom. The second-order valence-corrected chi connectivity index (χ2v) is 4.45. The number of anilines is 1. The van der Waals surface area contributed by atoms with Gasteiger partial charge in [0, 0.05) is 6.54 Å². The average molecular weight is 212 g/mol. The Morgan fingerprint density at radius 2 is 2.36 bits per heavy atom. The molecular formula is C10H14ClN3. The monoisotopic (exact) mass is 211 g/mol. The highest BCUT2D eigenvalue weighted by molar-refractivity contribution is 6.32. The summed E-state index contributed by atoms with van der Waals surface area (Å²) in [5.74, 6) is 2.43. The van der Waals surface area contributed by atoms with Crippen LogP contribution in [0, 0.1) is 11.8 Å². The van der Waals surface area contributed by atoms with E-state index in [1.54, 1.807) is 6.20 Å². The predicted molar refractivity (Wildman–Crippen MR) is 57.4 cm³/mol. The molecule has 0 spiro atoms. The minimum atomic E-state index is 0.597. The number of nitrogens with zero attached hydrogens (tertiary/aromatic N) is 2. The van der Waals surface area contributed by atoms with E-state index in [1.165, 1.54) is 19.2 Å². The molecule has 2 rings (SSSR count). The molecule has 1 aliphatic carbocycles. The standard InChI is InChI=1S/C10H14ClN3/c1-7-2-8(3-7)4-13-10-9(11)5-12-6-14-10/h5-8H,2-4H2,1H3,(H,12,13,14). The van der Waals surface area contributed by atoms with Crippen LogP contribution in [0.5, 0.6) is 0 Å². The molecule has 1 aromatic rings. The quantitative estimate of drug-likeness (QED) is 0.835. The van der Waals surface area contributed by atoms with E-state index < -0.39 is 0 Å². The molecule has 0 bridgehead atoms. The first-order valence-electron chi connectivity index (χ1n) is 4.95. The molecule has 0 saturated heterocycles. The topological polar surface area (TPSA) is 37.8 Å². The summed E-state index contributed by atoms with van der Waals surface area (Å²) in [7, 11) is 0. The van der Waals surface area contributed by atoms with Gasteiger partial charge in [-0.15, -0.1) is 0 Å². The molecule has 1 aliphatic rings. The number of rotatable bonds is 3. The first-order valence-corrected chi connectivity index (χ1v) is 5.33. The summed E-state index contributed by atoms with van der Waals surface area (Å²) in [6.07, 6.45) is 5.75. The van der Waals surface area contributed by atoms with Crippen LogP contribution in [0.4, 0.5) is 5.82 Å². The summed E-state index contributed by atoms with van der Waals surface area (Å²) in [5.41, 5.74) is 0. The van der Waals surface area contributed by atoms with Crippen LogP contribution in [-0.2, 0) is 0 Å². The van der Waals surface area contributed by atoms with E-state index in [4.69, 9.17) is 11.6 Å². The van der Waals surface area contributed by atoms with E-state index in [-0.39, 0.29) is 0 Å². The second-order valence-electron chi connectivity index (χ2n) is 4.04. The van der Waals surface area contributed by atoms with Gasteiger partial charge in [-0.2, -0.15) is 0 Å². The van der Waals surface area contributed by atoms with E-state index in [0.29, 0.717) is 5.02 Å². The number of hydrogen-bond donors (Lipinski definition) is 1. The van der Waals surface area contributed by atoms with Gasteiger partial charge < -0.3 is 5.32 Å². The maximum atomic E-state index is 5.91. The van der Waals surface area contributed by atoms with Crippen molar-refractivity contribution in [1.29, 1.82) is 0 Å². The van der Waals surface area contributed by atoms with Crippen molar-refractivity contribution < 1.29 is 0 Å². The van der Waals surface area contributed by atoms with Crippen molar-refractivity contribution in [2.24, 2.45) is 11.8 Å². The van der Waals surface area contributed by atoms with Crippen molar-refractivity contribution in [3.8, 4) is 0 Å². The minimum Gasteiger partial charge on any atom is -0.368 e. The van der Waals surface area contributed by atoms with Crippen LogP contribution in [-0.4, -0.2) is 16.5 Å². The molecule has 14 heavy (non-hydrogen) atoms. The number of nitrogens with one attached hydrogen (secondary N) is 1. The number of hydrogen-bond acceptors (Lipinski definition) is 3. The lowest BCUT2D eigenvalue weighted by molar-refractivity contribution is 0.225. The van der Waals surface area contributed by atoms with Crippen LogP contribution >= 0.6 is 11.6 Å². The SMILES string of the molecule is CC1CC(CNc2ncncc2Cl)C1. The first-order chi connectivity index (χ1) is 6.75. The van der Waals surface area contributed by atoms with Gasteiger partial charge in [0.1, 0.15) is 17.2 Å². The van der Waals surface area contributed by atoms with Crippen molar-refractivity contribution in [3.63, 3.8) is 0 Å². The average Bonchev–Trinajstić information content (AvgIpc) is 2.13. The Balaban J connectivity index is 1.83. The van der Waals surface area contributed by atoms with Crippen LogP contribution < -0.4 is 5.32 Å². The maximum Gasteiger partial charge on any atom is 0.148 e. The van der Waals surface area contributed by atoms with Crippen molar-refractivity contribution in [2.75, 3.05) is 11.9 Å². The van der Waals surface area contributed by atoms with Gasteiger partial charge in [-0.1, -0.05) is 18.5 Å². The molecule has 1 heterocycles. The van der Waals surface area contributed by atoms with Crippen molar-refractivity contribution in [2.45, 2.75) is 19.8 Å². The summed E-state index contributed by atoms with van der Waals surface area (Å²) in [4.78, 5) is 7.91. The van der Waals surface area contributed by atoms with Crippen molar-refractivity contribution in [1.82, 2.24) is 9.97 Å². The highest BCUT2D eigenvalue weighted by atomic mass is 35.5. The zero-order valence-corrected chi connectivity index (χ0v) is 8.96. The summed E-state index contributed by atoms with van der Waals surface area (Å²) >= 11 is 5.91. The van der Waals surface area contributed by atoms with E-state index in [0.717, 1.165) is 24.2 Å². The molecule has 0 amide bonds. The highest BCUT2D eigenvalue weighted by Crippen LogP contribution is 2.33. The van der Waals surface area contributed by atoms with Crippen LogP contribution in [0.3, 0.4) is 0 Å². The maximum absolute atomic E-state index is 5.91. The van der Waals surface area contributed by atoms with Gasteiger partial charge in [-0.3, -0.25) is 0 Å². The zero-order valence-electron chi connectivity index (χ0n) is 8.20. The predicted octanol–water partition coefficient (Wildman–Crippen LogP) is 2.59. The lowest BCUT2D eigenvalue weighted by atomic mass is 9.76. The number of halogens is 1. The van der Waals surface area contributed by atoms with Gasteiger partial charge in [-0.05, 0) is 24.7 Å². The molecule has 0 radical (unpaired) electrons. The van der Waals surface area contributed by atoms with E-state index >= 15 is 0 Å². The molecule has 1 N–H and O–H groups in total. The number of aromatic nitrogens is 2. The largest absolute Gasteiger partial charge is 0.368 e. The van der Waals surface area contributed by atoms with E-state index in [1.807, 2.05) is 0 Å². The Morgan fingerprint density at radius 1 is 1.57 bits per heavy atom. The molecule has 0 atom stereocenters. The van der Waals surface area contributed by atoms with Gasteiger partial charge in [-0.25, -0.2) is 9.97 Å². The van der Waals surface area contributed by atoms with Gasteiger partial charge >= 0.3 is 0 Å². The normalized spacial score (nSPS) is 25.6. The molecule has 4 heteroatoms. The molecular weight excluding hydrogens is 198 g/mol. The van der Waals surface area contributed by atoms with Gasteiger partial charge in [0.25, 0.3) is 0 Å². The fourth-order valence-electron chi connectivity index (χ4n) is 1.92. The van der Waals surface area contributed by atoms with E-state index in [9.17, 15) is 0 Å². The van der Waals surface area contributed by atoms with Crippen LogP contribution in [0.2, 0.25) is 5.02 Å². The van der Waals surface area contributed by atoms with E-state index in [2.05, 4.69) is 22.2 Å². The molecule has 1 aromatic heterocycles. The third kappa shape index (κ3) is 2.15. The lowest BCUT2D eigenvalue weighted by Gasteiger charge is -2.32. The summed E-state index contributed by atoms with van der Waals surface area (Å²) < 4.78 is 0. The molecule has 0 aliphatic heterocycles. The molecule has 3 nitrogen and oxygen atoms in total. The van der Waals surface area contributed by atoms with Gasteiger partial charge in [0.15, 0.2) is 0 Å². The highest BCUT2D eigenvalue weighted by Gasteiger charge is 2.24. The minimum absolute atomic E-state index is 0.597. The fourth-order valence-corrected chi connectivity index (χ4v) is 2.09. The third-order valence-electron chi connectivity index (χ3n) is 2.70. The van der Waals surface area contributed by atoms with Crippen molar-refractivity contribution in [3.05, 3.63) is 17.5 Å². The lowest BCUT2D eigenvalue weighted by Crippen LogP contribution is -2.27. The summed E-state index contributed by atoms with van der Waals surface area (Å²) in [6.45, 7) is 3.26. The molecule has 0 aromatic carbocycles. The van der Waals surface area contributed by atoms with Crippen molar-refractivity contribution >= 4 is 17.4 Å². The van der Waals surface area contributed by atoms with Gasteiger partial charge in [0.05, 0.1) is 6.20 Å². The first kappa shape index (κ1) is 9.71. The second kappa shape index (κ2) is 4.13. The molecule has 0 unspecified atom stereocenters. The smallest absolute Gasteiger partial charge is 0.148 e. The van der Waals surface area contributed by atoms with Crippen LogP contribution in [0.1, 0.15) is 19.8 Å². The molecule has 1 fully saturated rings. The Kier molecular flexibility index (Phi) is 2.87. The third-order valence-corrected chi connectivity index (χ3v) is 2.97. The zero-order chi connectivity index (χ0) is 9.97. The fraction of sp³-hybridized carbons (Fsp3) is 0.600.